The van der Waals surface area contributed by atoms with Gasteiger partial charge in [0.2, 0.25) is 0 Å². The van der Waals surface area contributed by atoms with E-state index < -0.39 is 17.8 Å². The Kier molecular flexibility index (Phi) is 5.56. The van der Waals surface area contributed by atoms with E-state index >= 15 is 0 Å². The van der Waals surface area contributed by atoms with Gasteiger partial charge in [-0.25, -0.2) is 9.78 Å². The van der Waals surface area contributed by atoms with E-state index in [1.165, 1.54) is 32.1 Å². The van der Waals surface area contributed by atoms with E-state index in [2.05, 4.69) is 14.7 Å². The lowest BCUT2D eigenvalue weighted by Gasteiger charge is -2.18. The largest absolute Gasteiger partial charge is 0.465 e. The molecular formula is C15H17N3O5. The summed E-state index contributed by atoms with van der Waals surface area (Å²) >= 11 is 0. The minimum Gasteiger partial charge on any atom is -0.465 e. The van der Waals surface area contributed by atoms with Crippen LogP contribution in [0.3, 0.4) is 0 Å². The summed E-state index contributed by atoms with van der Waals surface area (Å²) in [5.41, 5.74) is -0.0668. The first-order chi connectivity index (χ1) is 11.1. The molecule has 122 valence electrons. The van der Waals surface area contributed by atoms with Crippen LogP contribution in [0.15, 0.2) is 35.5 Å². The molecule has 8 heteroatoms. The SMILES string of the molecule is COC(=O)c1cnc(-c2cccnc2)n(CC(OC)OC)c1=O. The molecule has 0 bridgehead atoms. The van der Waals surface area contributed by atoms with Gasteiger partial charge in [-0.05, 0) is 12.1 Å². The van der Waals surface area contributed by atoms with Crippen LogP contribution in [-0.4, -0.2) is 48.1 Å². The van der Waals surface area contributed by atoms with Crippen molar-refractivity contribution in [2.75, 3.05) is 21.3 Å². The number of hydrogen-bond donors (Lipinski definition) is 0. The van der Waals surface area contributed by atoms with Gasteiger partial charge in [-0.15, -0.1) is 0 Å². The molecule has 0 spiro atoms. The summed E-state index contributed by atoms with van der Waals surface area (Å²) in [6, 6.07) is 3.49. The minimum absolute atomic E-state index is 0.0634. The fourth-order valence-electron chi connectivity index (χ4n) is 2.03. The molecule has 2 heterocycles. The Bertz CT molecular complexity index is 726. The van der Waals surface area contributed by atoms with Crippen LogP contribution in [0.4, 0.5) is 0 Å². The van der Waals surface area contributed by atoms with E-state index in [1.54, 1.807) is 24.5 Å². The van der Waals surface area contributed by atoms with Crippen LogP contribution >= 0.6 is 0 Å². The van der Waals surface area contributed by atoms with E-state index in [-0.39, 0.29) is 12.1 Å². The maximum Gasteiger partial charge on any atom is 0.345 e. The highest BCUT2D eigenvalue weighted by atomic mass is 16.7. The third kappa shape index (κ3) is 3.61. The lowest BCUT2D eigenvalue weighted by Crippen LogP contribution is -2.34. The van der Waals surface area contributed by atoms with Crippen LogP contribution in [0, 0.1) is 0 Å². The van der Waals surface area contributed by atoms with Crippen LogP contribution in [-0.2, 0) is 20.8 Å². The van der Waals surface area contributed by atoms with Crippen molar-refractivity contribution in [2.45, 2.75) is 12.8 Å². The predicted molar refractivity (Wildman–Crippen MR) is 80.9 cm³/mol. The van der Waals surface area contributed by atoms with Gasteiger partial charge in [0.15, 0.2) is 6.29 Å². The molecule has 0 atom stereocenters. The average molecular weight is 319 g/mol. The summed E-state index contributed by atoms with van der Waals surface area (Å²) in [7, 11) is 4.12. The second-order valence-corrected chi connectivity index (χ2v) is 4.55. The highest BCUT2D eigenvalue weighted by Crippen LogP contribution is 2.15. The number of ether oxygens (including phenoxy) is 3. The van der Waals surface area contributed by atoms with E-state index in [4.69, 9.17) is 9.47 Å². The number of methoxy groups -OCH3 is 3. The number of carbonyl (C=O) groups excluding carboxylic acids is 1. The van der Waals surface area contributed by atoms with Crippen molar-refractivity contribution >= 4 is 5.97 Å². The van der Waals surface area contributed by atoms with Crippen molar-refractivity contribution in [1.82, 2.24) is 14.5 Å². The highest BCUT2D eigenvalue weighted by molar-refractivity contribution is 5.88. The van der Waals surface area contributed by atoms with Crippen molar-refractivity contribution in [2.24, 2.45) is 0 Å². The van der Waals surface area contributed by atoms with E-state index in [1.807, 2.05) is 0 Å². The zero-order valence-electron chi connectivity index (χ0n) is 13.1. The normalized spacial score (nSPS) is 10.8. The van der Waals surface area contributed by atoms with E-state index in [0.29, 0.717) is 11.4 Å². The van der Waals surface area contributed by atoms with E-state index in [9.17, 15) is 9.59 Å². The van der Waals surface area contributed by atoms with Crippen LogP contribution in [0.2, 0.25) is 0 Å². The Morgan fingerprint density at radius 1 is 1.26 bits per heavy atom. The molecule has 23 heavy (non-hydrogen) atoms. The third-order valence-electron chi connectivity index (χ3n) is 3.23. The fraction of sp³-hybridized carbons (Fsp3) is 0.333. The molecule has 0 aliphatic heterocycles. The molecule has 0 fully saturated rings. The van der Waals surface area contributed by atoms with Gasteiger partial charge in [0.25, 0.3) is 5.56 Å². The summed E-state index contributed by atoms with van der Waals surface area (Å²) in [5.74, 6) is -0.393. The molecule has 2 aromatic rings. The number of nitrogens with zero attached hydrogens (tertiary/aromatic N) is 3. The third-order valence-corrected chi connectivity index (χ3v) is 3.23. The van der Waals surface area contributed by atoms with Gasteiger partial charge in [-0.3, -0.25) is 14.3 Å². The fourth-order valence-corrected chi connectivity index (χ4v) is 2.03. The smallest absolute Gasteiger partial charge is 0.345 e. The summed E-state index contributed by atoms with van der Waals surface area (Å²) in [5, 5.41) is 0. The summed E-state index contributed by atoms with van der Waals surface area (Å²) in [6.45, 7) is 0.0634. The van der Waals surface area contributed by atoms with Gasteiger partial charge in [-0.1, -0.05) is 0 Å². The van der Waals surface area contributed by atoms with Crippen molar-refractivity contribution in [1.29, 1.82) is 0 Å². The predicted octanol–water partition coefficient (Wildman–Crippen LogP) is 0.711. The van der Waals surface area contributed by atoms with Crippen LogP contribution in [0.25, 0.3) is 11.4 Å². The number of hydrogen-bond acceptors (Lipinski definition) is 7. The van der Waals surface area contributed by atoms with Gasteiger partial charge in [0.1, 0.15) is 11.4 Å². The van der Waals surface area contributed by atoms with Gasteiger partial charge >= 0.3 is 5.97 Å². The molecule has 0 aliphatic carbocycles. The molecule has 0 N–H and O–H groups in total. The van der Waals surface area contributed by atoms with Crippen molar-refractivity contribution in [3.8, 4) is 11.4 Å². The standard InChI is InChI=1S/C15H17N3O5/c1-21-12(22-2)9-18-13(10-5-4-6-16-7-10)17-8-11(14(18)19)15(20)23-3/h4-8,12H,9H2,1-3H3. The molecule has 0 aromatic carbocycles. The average Bonchev–Trinajstić information content (AvgIpc) is 2.60. The molecule has 0 amide bonds. The topological polar surface area (TPSA) is 92.5 Å². The minimum atomic E-state index is -0.750. The Morgan fingerprint density at radius 3 is 2.57 bits per heavy atom. The highest BCUT2D eigenvalue weighted by Gasteiger charge is 2.20. The Labute approximate surface area is 132 Å². The monoisotopic (exact) mass is 319 g/mol. The zero-order valence-corrected chi connectivity index (χ0v) is 13.1. The lowest BCUT2D eigenvalue weighted by molar-refractivity contribution is -0.111. The molecule has 0 unspecified atom stereocenters. The van der Waals surface area contributed by atoms with Gasteiger partial charge in [0.05, 0.1) is 13.7 Å². The van der Waals surface area contributed by atoms with Crippen molar-refractivity contribution in [3.63, 3.8) is 0 Å². The van der Waals surface area contributed by atoms with Crippen LogP contribution in [0.1, 0.15) is 10.4 Å². The number of rotatable bonds is 6. The zero-order chi connectivity index (χ0) is 16.8. The molecule has 0 radical (unpaired) electrons. The first kappa shape index (κ1) is 16.8. The molecule has 0 saturated carbocycles. The first-order valence-electron chi connectivity index (χ1n) is 6.76. The van der Waals surface area contributed by atoms with Gasteiger partial charge in [0, 0.05) is 38.4 Å². The maximum absolute atomic E-state index is 12.6. The van der Waals surface area contributed by atoms with Crippen molar-refractivity contribution in [3.05, 3.63) is 46.6 Å². The Hall–Kier alpha value is -2.58. The lowest BCUT2D eigenvalue weighted by atomic mass is 10.2. The van der Waals surface area contributed by atoms with E-state index in [0.717, 1.165) is 0 Å². The summed E-state index contributed by atoms with van der Waals surface area (Å²) in [4.78, 5) is 32.6. The summed E-state index contributed by atoms with van der Waals surface area (Å²) < 4.78 is 16.2. The number of aromatic nitrogens is 3. The number of pyridine rings is 1. The molecular weight excluding hydrogens is 302 g/mol. The summed E-state index contributed by atoms with van der Waals surface area (Å²) in [6.07, 6.45) is 3.71. The molecule has 0 aliphatic rings. The van der Waals surface area contributed by atoms with Gasteiger partial charge < -0.3 is 14.2 Å². The quantitative estimate of drug-likeness (QED) is 0.572. The Balaban J connectivity index is 2.60. The van der Waals surface area contributed by atoms with Gasteiger partial charge in [-0.2, -0.15) is 0 Å². The maximum atomic E-state index is 12.6. The van der Waals surface area contributed by atoms with Crippen LogP contribution in [0.5, 0.6) is 0 Å². The number of esters is 1. The Morgan fingerprint density at radius 2 is 2.00 bits per heavy atom. The van der Waals surface area contributed by atoms with Crippen LogP contribution < -0.4 is 5.56 Å². The molecule has 0 saturated heterocycles. The molecule has 2 aromatic heterocycles. The second kappa shape index (κ2) is 7.61. The molecule has 8 nitrogen and oxygen atoms in total. The number of carbonyl (C=O) groups is 1. The second-order valence-electron chi connectivity index (χ2n) is 4.55. The molecule has 2 rings (SSSR count). The van der Waals surface area contributed by atoms with Crippen molar-refractivity contribution < 1.29 is 19.0 Å². The first-order valence-corrected chi connectivity index (χ1v) is 6.76.